The monoisotopic (exact) mass is 308 g/mol. The maximum Gasteiger partial charge on any atom is 0.193 e. The number of anilines is 1. The van der Waals surface area contributed by atoms with E-state index in [0.29, 0.717) is 5.92 Å². The second-order valence-corrected chi connectivity index (χ2v) is 6.15. The number of halogens is 1. The summed E-state index contributed by atoms with van der Waals surface area (Å²) in [6, 6.07) is 8.05. The fourth-order valence-electron chi connectivity index (χ4n) is 2.50. The van der Waals surface area contributed by atoms with Gasteiger partial charge in [-0.2, -0.15) is 0 Å². The van der Waals surface area contributed by atoms with E-state index in [-0.39, 0.29) is 0 Å². The van der Waals surface area contributed by atoms with E-state index in [1.165, 1.54) is 0 Å². The third-order valence-electron chi connectivity index (χ3n) is 3.65. The zero-order chi connectivity index (χ0) is 15.2. The van der Waals surface area contributed by atoms with Gasteiger partial charge in [-0.25, -0.2) is 0 Å². The van der Waals surface area contributed by atoms with Gasteiger partial charge in [-0.05, 0) is 18.1 Å². The van der Waals surface area contributed by atoms with Gasteiger partial charge < -0.3 is 15.1 Å². The molecule has 0 spiro atoms. The molecule has 116 valence electrons. The highest BCUT2D eigenvalue weighted by molar-refractivity contribution is 6.33. The van der Waals surface area contributed by atoms with Gasteiger partial charge in [0.05, 0.1) is 10.7 Å². The zero-order valence-corrected chi connectivity index (χ0v) is 13.9. The van der Waals surface area contributed by atoms with Crippen molar-refractivity contribution in [1.29, 1.82) is 0 Å². The molecule has 0 bridgehead atoms. The molecular weight excluding hydrogens is 284 g/mol. The van der Waals surface area contributed by atoms with E-state index in [4.69, 9.17) is 11.6 Å². The summed E-state index contributed by atoms with van der Waals surface area (Å²) in [6.07, 6.45) is 0. The molecule has 5 heteroatoms. The van der Waals surface area contributed by atoms with Gasteiger partial charge in [0, 0.05) is 39.8 Å². The summed E-state index contributed by atoms with van der Waals surface area (Å²) in [7, 11) is 1.85. The van der Waals surface area contributed by atoms with Crippen molar-refractivity contribution in [3.8, 4) is 0 Å². The largest absolute Gasteiger partial charge is 0.367 e. The lowest BCUT2D eigenvalue weighted by Gasteiger charge is -2.38. The topological polar surface area (TPSA) is 30.9 Å². The number of piperazine rings is 1. The van der Waals surface area contributed by atoms with E-state index in [0.717, 1.165) is 49.4 Å². The van der Waals surface area contributed by atoms with Crippen molar-refractivity contribution in [2.45, 2.75) is 13.8 Å². The Labute approximate surface area is 132 Å². The van der Waals surface area contributed by atoms with Gasteiger partial charge in [-0.15, -0.1) is 0 Å². The van der Waals surface area contributed by atoms with Crippen LogP contribution in [-0.2, 0) is 0 Å². The molecule has 2 rings (SSSR count). The first-order valence-electron chi connectivity index (χ1n) is 7.57. The van der Waals surface area contributed by atoms with E-state index in [1.807, 2.05) is 25.2 Å². The molecule has 21 heavy (non-hydrogen) atoms. The molecule has 0 unspecified atom stereocenters. The molecule has 1 heterocycles. The second kappa shape index (κ2) is 7.55. The standard InChI is InChI=1S/C16H25ClN4/c1-13(2)12-19-16(18-3)21-10-8-20(9-11-21)15-7-5-4-6-14(15)17/h4-7,13H,8-12H2,1-3H3,(H,18,19). The summed E-state index contributed by atoms with van der Waals surface area (Å²) >= 11 is 6.28. The van der Waals surface area contributed by atoms with Gasteiger partial charge >= 0.3 is 0 Å². The van der Waals surface area contributed by atoms with Gasteiger partial charge in [0.1, 0.15) is 0 Å². The van der Waals surface area contributed by atoms with Crippen LogP contribution < -0.4 is 10.2 Å². The average Bonchev–Trinajstić information content (AvgIpc) is 2.49. The Kier molecular flexibility index (Phi) is 5.74. The highest BCUT2D eigenvalue weighted by Gasteiger charge is 2.20. The van der Waals surface area contributed by atoms with Gasteiger partial charge in [0.2, 0.25) is 0 Å². The summed E-state index contributed by atoms with van der Waals surface area (Å²) in [6.45, 7) is 9.22. The molecule has 1 aromatic carbocycles. The zero-order valence-electron chi connectivity index (χ0n) is 13.1. The Bertz CT molecular complexity index is 479. The van der Waals surface area contributed by atoms with Crippen LogP contribution in [0.4, 0.5) is 5.69 Å². The van der Waals surface area contributed by atoms with E-state index >= 15 is 0 Å². The van der Waals surface area contributed by atoms with Crippen molar-refractivity contribution in [3.05, 3.63) is 29.3 Å². The number of guanidine groups is 1. The molecule has 0 atom stereocenters. The molecule has 0 radical (unpaired) electrons. The predicted octanol–water partition coefficient (Wildman–Crippen LogP) is 2.69. The first-order valence-corrected chi connectivity index (χ1v) is 7.94. The fraction of sp³-hybridized carbons (Fsp3) is 0.562. The van der Waals surface area contributed by atoms with E-state index in [1.54, 1.807) is 0 Å². The molecule has 0 amide bonds. The number of hydrogen-bond donors (Lipinski definition) is 1. The normalized spacial score (nSPS) is 16.5. The SMILES string of the molecule is CN=C(NCC(C)C)N1CCN(c2ccccc2Cl)CC1. The van der Waals surface area contributed by atoms with Crippen LogP contribution in [0.1, 0.15) is 13.8 Å². The highest BCUT2D eigenvalue weighted by Crippen LogP contribution is 2.25. The van der Waals surface area contributed by atoms with Gasteiger partial charge in [-0.1, -0.05) is 37.6 Å². The minimum Gasteiger partial charge on any atom is -0.367 e. The van der Waals surface area contributed by atoms with Crippen LogP contribution in [0.15, 0.2) is 29.3 Å². The smallest absolute Gasteiger partial charge is 0.193 e. The lowest BCUT2D eigenvalue weighted by molar-refractivity contribution is 0.370. The number of nitrogens with one attached hydrogen (secondary N) is 1. The summed E-state index contributed by atoms with van der Waals surface area (Å²) in [5.74, 6) is 1.62. The molecule has 1 N–H and O–H groups in total. The maximum atomic E-state index is 6.28. The lowest BCUT2D eigenvalue weighted by atomic mass is 10.2. The summed E-state index contributed by atoms with van der Waals surface area (Å²) in [5.41, 5.74) is 1.13. The molecule has 0 saturated carbocycles. The Morgan fingerprint density at radius 3 is 2.48 bits per heavy atom. The predicted molar refractivity (Wildman–Crippen MR) is 91.4 cm³/mol. The van der Waals surface area contributed by atoms with Crippen LogP contribution in [0.3, 0.4) is 0 Å². The van der Waals surface area contributed by atoms with Gasteiger partial charge in [-0.3, -0.25) is 4.99 Å². The number of aliphatic imine (C=N–C) groups is 1. The van der Waals surface area contributed by atoms with Crippen molar-refractivity contribution >= 4 is 23.2 Å². The fourth-order valence-corrected chi connectivity index (χ4v) is 2.75. The second-order valence-electron chi connectivity index (χ2n) is 5.75. The third kappa shape index (κ3) is 4.27. The molecule has 0 aliphatic carbocycles. The van der Waals surface area contributed by atoms with Crippen molar-refractivity contribution in [1.82, 2.24) is 10.2 Å². The number of hydrogen-bond acceptors (Lipinski definition) is 2. The highest BCUT2D eigenvalue weighted by atomic mass is 35.5. The Hall–Kier alpha value is -1.42. The number of para-hydroxylation sites is 1. The minimum atomic E-state index is 0.617. The molecule has 1 fully saturated rings. The average molecular weight is 309 g/mol. The third-order valence-corrected chi connectivity index (χ3v) is 3.97. The van der Waals surface area contributed by atoms with Crippen LogP contribution in [-0.4, -0.2) is 50.6 Å². The van der Waals surface area contributed by atoms with Crippen molar-refractivity contribution in [3.63, 3.8) is 0 Å². The summed E-state index contributed by atoms with van der Waals surface area (Å²) < 4.78 is 0. The number of nitrogens with zero attached hydrogens (tertiary/aromatic N) is 3. The minimum absolute atomic E-state index is 0.617. The number of rotatable bonds is 3. The quantitative estimate of drug-likeness (QED) is 0.688. The van der Waals surface area contributed by atoms with Gasteiger partial charge in [0.15, 0.2) is 5.96 Å². The van der Waals surface area contributed by atoms with Crippen molar-refractivity contribution < 1.29 is 0 Å². The first-order chi connectivity index (χ1) is 10.1. The van der Waals surface area contributed by atoms with Crippen molar-refractivity contribution in [2.75, 3.05) is 44.7 Å². The Balaban J connectivity index is 1.92. The van der Waals surface area contributed by atoms with Crippen molar-refractivity contribution in [2.24, 2.45) is 10.9 Å². The van der Waals surface area contributed by atoms with Crippen LogP contribution in [0.2, 0.25) is 5.02 Å². The lowest BCUT2D eigenvalue weighted by Crippen LogP contribution is -2.53. The molecule has 4 nitrogen and oxygen atoms in total. The first kappa shape index (κ1) is 16.0. The molecule has 1 aliphatic heterocycles. The Morgan fingerprint density at radius 1 is 1.24 bits per heavy atom. The number of benzene rings is 1. The maximum absolute atomic E-state index is 6.28. The molecule has 1 aliphatic rings. The molecule has 1 aromatic rings. The van der Waals surface area contributed by atoms with E-state index < -0.39 is 0 Å². The summed E-state index contributed by atoms with van der Waals surface area (Å²) in [5, 5.41) is 4.26. The van der Waals surface area contributed by atoms with E-state index in [9.17, 15) is 0 Å². The molecule has 1 saturated heterocycles. The van der Waals surface area contributed by atoms with Crippen LogP contribution in [0.5, 0.6) is 0 Å². The van der Waals surface area contributed by atoms with E-state index in [2.05, 4.69) is 40.0 Å². The Morgan fingerprint density at radius 2 is 1.90 bits per heavy atom. The molecule has 0 aromatic heterocycles. The summed E-state index contributed by atoms with van der Waals surface area (Å²) in [4.78, 5) is 9.04. The van der Waals surface area contributed by atoms with Crippen LogP contribution >= 0.6 is 11.6 Å². The van der Waals surface area contributed by atoms with Crippen LogP contribution in [0.25, 0.3) is 0 Å². The van der Waals surface area contributed by atoms with Gasteiger partial charge in [0.25, 0.3) is 0 Å². The van der Waals surface area contributed by atoms with Crippen LogP contribution in [0, 0.1) is 5.92 Å². The molecular formula is C16H25ClN4.